The summed E-state index contributed by atoms with van der Waals surface area (Å²) in [5, 5.41) is 0. The number of halogens is 1. The molecule has 0 fully saturated rings. The van der Waals surface area contributed by atoms with Gasteiger partial charge in [0.2, 0.25) is 0 Å². The number of carbonyl (C=O) groups is 3. The summed E-state index contributed by atoms with van der Waals surface area (Å²) in [6, 6.07) is -1.45. The van der Waals surface area contributed by atoms with Crippen LogP contribution in [0.25, 0.3) is 0 Å². The van der Waals surface area contributed by atoms with Gasteiger partial charge < -0.3 is 19.9 Å². The number of hydrogen-bond acceptors (Lipinski definition) is 7. The molecule has 0 saturated heterocycles. The largest absolute Gasteiger partial charge is 0.467 e. The monoisotopic (exact) mass is 431 g/mol. The van der Waals surface area contributed by atoms with Crippen molar-refractivity contribution in [3.05, 3.63) is 11.9 Å². The van der Waals surface area contributed by atoms with Crippen molar-refractivity contribution >= 4 is 24.0 Å². The number of carbonyl (C=O) groups excluding carboxylic acids is 3. The molecular formula is C20H34FN3O6. The first kappa shape index (κ1) is 27.4. The van der Waals surface area contributed by atoms with Gasteiger partial charge in [-0.3, -0.25) is 4.99 Å². The van der Waals surface area contributed by atoms with Crippen LogP contribution in [-0.4, -0.2) is 59.8 Å². The van der Waals surface area contributed by atoms with Crippen LogP contribution >= 0.6 is 0 Å². The Morgan fingerprint density at radius 3 is 1.90 bits per heavy atom. The maximum atomic E-state index is 14.1. The van der Waals surface area contributed by atoms with Gasteiger partial charge >= 0.3 is 18.2 Å². The van der Waals surface area contributed by atoms with Gasteiger partial charge in [-0.05, 0) is 61.0 Å². The van der Waals surface area contributed by atoms with E-state index in [1.807, 2.05) is 0 Å². The summed E-state index contributed by atoms with van der Waals surface area (Å²) in [4.78, 5) is 42.1. The highest BCUT2D eigenvalue weighted by atomic mass is 19.1. The first-order valence-corrected chi connectivity index (χ1v) is 9.51. The van der Waals surface area contributed by atoms with Gasteiger partial charge in [-0.25, -0.2) is 18.8 Å². The first-order chi connectivity index (χ1) is 13.6. The lowest BCUT2D eigenvalue weighted by Gasteiger charge is -2.32. The maximum Gasteiger partial charge on any atom is 0.420 e. The second kappa shape index (κ2) is 11.5. The van der Waals surface area contributed by atoms with Crippen LogP contribution in [0.2, 0.25) is 0 Å². The zero-order chi connectivity index (χ0) is 23.7. The van der Waals surface area contributed by atoms with Gasteiger partial charge in [-0.15, -0.1) is 0 Å². The number of rotatable bonds is 7. The Morgan fingerprint density at radius 1 is 1.07 bits per heavy atom. The number of amidine groups is 1. The fourth-order valence-corrected chi connectivity index (χ4v) is 2.10. The second-order valence-corrected chi connectivity index (χ2v) is 8.54. The third kappa shape index (κ3) is 11.4. The molecule has 0 aromatic heterocycles. The SMILES string of the molecule is COC(=O)[C@H](CC/C(F)=C/CN=C(C)N)N(C(=O)OC(C)(C)C)C(=O)OC(C)(C)C. The Labute approximate surface area is 177 Å². The number of nitrogens with two attached hydrogens (primary N) is 1. The highest BCUT2D eigenvalue weighted by Gasteiger charge is 2.40. The molecule has 0 aromatic carbocycles. The minimum absolute atomic E-state index is 0.0267. The smallest absolute Gasteiger partial charge is 0.420 e. The quantitative estimate of drug-likeness (QED) is 0.282. The summed E-state index contributed by atoms with van der Waals surface area (Å²) in [5.41, 5.74) is 3.51. The van der Waals surface area contributed by atoms with E-state index in [2.05, 4.69) is 4.99 Å². The third-order valence-corrected chi connectivity index (χ3v) is 3.28. The number of esters is 1. The molecule has 0 bridgehead atoms. The molecule has 30 heavy (non-hydrogen) atoms. The highest BCUT2D eigenvalue weighted by molar-refractivity contribution is 5.94. The van der Waals surface area contributed by atoms with E-state index in [9.17, 15) is 18.8 Å². The van der Waals surface area contributed by atoms with E-state index in [-0.39, 0.29) is 19.4 Å². The molecule has 0 rings (SSSR count). The summed E-state index contributed by atoms with van der Waals surface area (Å²) >= 11 is 0. The van der Waals surface area contributed by atoms with Gasteiger partial charge in [-0.2, -0.15) is 4.90 Å². The number of ether oxygens (including phenoxy) is 3. The zero-order valence-electron chi connectivity index (χ0n) is 19.1. The molecule has 2 N–H and O–H groups in total. The van der Waals surface area contributed by atoms with E-state index in [4.69, 9.17) is 19.9 Å². The molecular weight excluding hydrogens is 397 g/mol. The van der Waals surface area contributed by atoms with Crippen molar-refractivity contribution < 1.29 is 33.0 Å². The molecule has 0 aliphatic carbocycles. The first-order valence-electron chi connectivity index (χ1n) is 9.51. The van der Waals surface area contributed by atoms with E-state index in [0.29, 0.717) is 10.7 Å². The molecule has 0 aliphatic rings. The molecule has 0 aromatic rings. The van der Waals surface area contributed by atoms with Crippen molar-refractivity contribution in [2.24, 2.45) is 10.7 Å². The van der Waals surface area contributed by atoms with Gasteiger partial charge in [-0.1, -0.05) is 0 Å². The molecule has 172 valence electrons. The molecule has 0 spiro atoms. The van der Waals surface area contributed by atoms with Crippen LogP contribution in [0.5, 0.6) is 0 Å². The standard InChI is InChI=1S/C20H34FN3O6/c1-13(22)23-12-11-14(21)9-10-15(16(25)28-8)24(17(26)29-19(2,3)4)18(27)30-20(5,6)7/h11,15H,9-10,12H2,1-8H3,(H2,22,23)/b14-11-/t15-/m0/s1. The summed E-state index contributed by atoms with van der Waals surface area (Å²) in [7, 11) is 1.10. The molecule has 0 saturated carbocycles. The number of allylic oxidation sites excluding steroid dienone is 1. The molecule has 0 heterocycles. The number of imide groups is 1. The Kier molecular flexibility index (Phi) is 10.5. The average Bonchev–Trinajstić information content (AvgIpc) is 2.53. The van der Waals surface area contributed by atoms with Crippen molar-refractivity contribution in [1.29, 1.82) is 0 Å². The fourth-order valence-electron chi connectivity index (χ4n) is 2.10. The van der Waals surface area contributed by atoms with Crippen LogP contribution in [-0.2, 0) is 19.0 Å². The Bertz CT molecular complexity index is 645. The van der Waals surface area contributed by atoms with Gasteiger partial charge in [0.15, 0.2) is 0 Å². The second-order valence-electron chi connectivity index (χ2n) is 8.54. The zero-order valence-corrected chi connectivity index (χ0v) is 19.1. The van der Waals surface area contributed by atoms with Crippen molar-refractivity contribution in [3.63, 3.8) is 0 Å². The lowest BCUT2D eigenvalue weighted by Crippen LogP contribution is -2.52. The van der Waals surface area contributed by atoms with Crippen LogP contribution in [0.15, 0.2) is 16.9 Å². The van der Waals surface area contributed by atoms with Crippen LogP contribution < -0.4 is 5.73 Å². The summed E-state index contributed by atoms with van der Waals surface area (Å²) in [6.45, 7) is 11.2. The van der Waals surface area contributed by atoms with Gasteiger partial charge in [0.1, 0.15) is 17.2 Å². The Hall–Kier alpha value is -2.65. The molecule has 0 aliphatic heterocycles. The molecule has 0 unspecified atom stereocenters. The van der Waals surface area contributed by atoms with Crippen LogP contribution in [0.1, 0.15) is 61.3 Å². The third-order valence-electron chi connectivity index (χ3n) is 3.28. The fraction of sp³-hybridized carbons (Fsp3) is 0.700. The molecule has 1 atom stereocenters. The predicted molar refractivity (Wildman–Crippen MR) is 111 cm³/mol. The molecule has 9 nitrogen and oxygen atoms in total. The van der Waals surface area contributed by atoms with Crippen molar-refractivity contribution in [3.8, 4) is 0 Å². The van der Waals surface area contributed by atoms with E-state index >= 15 is 0 Å². The van der Waals surface area contributed by atoms with Crippen LogP contribution in [0, 0.1) is 0 Å². The minimum atomic E-state index is -1.45. The number of nitrogens with zero attached hydrogens (tertiary/aromatic N) is 2. The predicted octanol–water partition coefficient (Wildman–Crippen LogP) is 3.71. The number of aliphatic imine (C=N–C) groups is 1. The number of amides is 2. The topological polar surface area (TPSA) is 121 Å². The normalized spacial score (nSPS) is 14.0. The van der Waals surface area contributed by atoms with E-state index < -0.39 is 41.2 Å². The van der Waals surface area contributed by atoms with Crippen LogP contribution in [0.4, 0.5) is 14.0 Å². The van der Waals surface area contributed by atoms with Crippen molar-refractivity contribution in [2.75, 3.05) is 13.7 Å². The molecule has 2 amide bonds. The Morgan fingerprint density at radius 2 is 1.53 bits per heavy atom. The Balaban J connectivity index is 5.77. The summed E-state index contributed by atoms with van der Waals surface area (Å²) in [6.07, 6.45) is -1.49. The van der Waals surface area contributed by atoms with E-state index in [1.165, 1.54) is 6.08 Å². The number of methoxy groups -OCH3 is 1. The van der Waals surface area contributed by atoms with E-state index in [1.54, 1.807) is 48.5 Å². The lowest BCUT2D eigenvalue weighted by atomic mass is 10.1. The van der Waals surface area contributed by atoms with Gasteiger partial charge in [0, 0.05) is 6.42 Å². The minimum Gasteiger partial charge on any atom is -0.467 e. The van der Waals surface area contributed by atoms with E-state index in [0.717, 1.165) is 7.11 Å². The van der Waals surface area contributed by atoms with Gasteiger partial charge in [0.05, 0.1) is 25.3 Å². The lowest BCUT2D eigenvalue weighted by molar-refractivity contribution is -0.147. The van der Waals surface area contributed by atoms with Crippen LogP contribution in [0.3, 0.4) is 0 Å². The molecule has 0 radical (unpaired) electrons. The maximum absolute atomic E-state index is 14.1. The average molecular weight is 432 g/mol. The van der Waals surface area contributed by atoms with Crippen molar-refractivity contribution in [2.45, 2.75) is 78.6 Å². The summed E-state index contributed by atoms with van der Waals surface area (Å²) < 4.78 is 29.4. The molecule has 10 heteroatoms. The van der Waals surface area contributed by atoms with Crippen molar-refractivity contribution in [1.82, 2.24) is 4.90 Å². The highest BCUT2D eigenvalue weighted by Crippen LogP contribution is 2.21. The number of hydrogen-bond donors (Lipinski definition) is 1. The summed E-state index contributed by atoms with van der Waals surface area (Å²) in [5.74, 6) is -1.19. The van der Waals surface area contributed by atoms with Gasteiger partial charge in [0.25, 0.3) is 0 Å².